The average Bonchev–Trinajstić information content (AvgIpc) is 3.43. The smallest absolute Gasteiger partial charge is 0.250 e. The fraction of sp³-hybridized carbons (Fsp3) is 0.296. The summed E-state index contributed by atoms with van der Waals surface area (Å²) in [6, 6.07) is 8.41. The van der Waals surface area contributed by atoms with Gasteiger partial charge in [-0.05, 0) is 80.6 Å². The number of aromatic nitrogens is 4. The molecule has 0 bridgehead atoms. The van der Waals surface area contributed by atoms with Gasteiger partial charge >= 0.3 is 0 Å². The van der Waals surface area contributed by atoms with Gasteiger partial charge in [0, 0.05) is 35.5 Å². The lowest BCUT2D eigenvalue weighted by Gasteiger charge is -2.35. The molecular formula is C27H25N5O. The second-order valence-corrected chi connectivity index (χ2v) is 9.70. The fourth-order valence-corrected chi connectivity index (χ4v) is 5.41. The summed E-state index contributed by atoms with van der Waals surface area (Å²) >= 11 is 0. The maximum Gasteiger partial charge on any atom is 0.250 e. The summed E-state index contributed by atoms with van der Waals surface area (Å²) in [7, 11) is 0. The zero-order valence-corrected chi connectivity index (χ0v) is 19.3. The largest absolute Gasteiger partial charge is 0.457 e. The van der Waals surface area contributed by atoms with Crippen LogP contribution in [-0.4, -0.2) is 19.1 Å². The molecule has 33 heavy (non-hydrogen) atoms. The molecule has 0 unspecified atom stereocenters. The summed E-state index contributed by atoms with van der Waals surface area (Å²) in [6.07, 6.45) is 7.46. The van der Waals surface area contributed by atoms with Gasteiger partial charge < -0.3 is 14.1 Å². The van der Waals surface area contributed by atoms with Gasteiger partial charge in [0.2, 0.25) is 11.6 Å². The summed E-state index contributed by atoms with van der Waals surface area (Å²) in [5, 5.41) is 0. The molecule has 0 fully saturated rings. The molecule has 0 aliphatic carbocycles. The van der Waals surface area contributed by atoms with Crippen molar-refractivity contribution >= 4 is 5.82 Å². The third-order valence-corrected chi connectivity index (χ3v) is 7.05. The van der Waals surface area contributed by atoms with Crippen molar-refractivity contribution < 1.29 is 4.74 Å². The lowest BCUT2D eigenvalue weighted by Crippen LogP contribution is -2.33. The Bertz CT molecular complexity index is 1480. The molecule has 2 aromatic heterocycles. The number of fused-ring (bicyclic) bond motifs is 6. The number of rotatable bonds is 2. The molecule has 2 aliphatic rings. The first-order valence-electron chi connectivity index (χ1n) is 11.3. The van der Waals surface area contributed by atoms with Crippen molar-refractivity contribution in [1.82, 2.24) is 19.1 Å². The number of imidazole rings is 2. The average molecular weight is 436 g/mol. The molecule has 6 heteroatoms. The molecule has 0 N–H and O–H groups in total. The predicted molar refractivity (Wildman–Crippen MR) is 128 cm³/mol. The standard InChI is InChI=1S/C27H25N5O/c1-16-10-18(12-21-20(16)6-8-31-24(28-5)15-30-25(21)31)33-19-11-17(2)23-14-27(3,4)32-9-7-29-26(32)22(23)13-19/h7,9-13,15H,6,8,14H2,1-4H3. The van der Waals surface area contributed by atoms with Crippen LogP contribution in [0.15, 0.2) is 42.9 Å². The van der Waals surface area contributed by atoms with Gasteiger partial charge in [-0.1, -0.05) is 6.57 Å². The van der Waals surface area contributed by atoms with Crippen LogP contribution in [0.25, 0.3) is 27.6 Å². The third kappa shape index (κ3) is 2.92. The molecule has 0 atom stereocenters. The normalized spacial score (nSPS) is 15.1. The van der Waals surface area contributed by atoms with E-state index >= 15 is 0 Å². The van der Waals surface area contributed by atoms with Crippen LogP contribution in [0, 0.1) is 20.4 Å². The first-order chi connectivity index (χ1) is 15.9. The second kappa shape index (κ2) is 6.82. The van der Waals surface area contributed by atoms with E-state index in [1.54, 1.807) is 6.20 Å². The van der Waals surface area contributed by atoms with Gasteiger partial charge in [0.25, 0.3) is 0 Å². The Hall–Kier alpha value is -3.85. The maximum absolute atomic E-state index is 7.41. The number of benzene rings is 2. The summed E-state index contributed by atoms with van der Waals surface area (Å²) < 4.78 is 10.7. The zero-order valence-electron chi connectivity index (χ0n) is 19.3. The highest BCUT2D eigenvalue weighted by atomic mass is 16.5. The van der Waals surface area contributed by atoms with Crippen LogP contribution < -0.4 is 4.74 Å². The molecule has 0 saturated carbocycles. The lowest BCUT2D eigenvalue weighted by atomic mass is 9.85. The minimum absolute atomic E-state index is 0.00627. The van der Waals surface area contributed by atoms with Crippen molar-refractivity contribution in [2.45, 2.75) is 52.6 Å². The SMILES string of the molecule is [C-]#[N+]c1cnc2n1CCc1c(C)cc(Oc3cc(C)c4c(c3)-c3nccn3C(C)(C)C4)cc1-2. The fourth-order valence-electron chi connectivity index (χ4n) is 5.41. The van der Waals surface area contributed by atoms with Crippen LogP contribution in [-0.2, 0) is 24.9 Å². The molecule has 6 nitrogen and oxygen atoms in total. The molecular weight excluding hydrogens is 410 g/mol. The van der Waals surface area contributed by atoms with Crippen molar-refractivity contribution in [3.63, 3.8) is 0 Å². The summed E-state index contributed by atoms with van der Waals surface area (Å²) in [5.74, 6) is 4.02. The molecule has 6 rings (SSSR count). The Morgan fingerprint density at radius 3 is 2.39 bits per heavy atom. The highest BCUT2D eigenvalue weighted by Gasteiger charge is 2.32. The summed E-state index contributed by atoms with van der Waals surface area (Å²) in [6.45, 7) is 17.0. The van der Waals surface area contributed by atoms with Crippen molar-refractivity contribution in [1.29, 1.82) is 0 Å². The Kier molecular flexibility index (Phi) is 4.09. The van der Waals surface area contributed by atoms with E-state index in [1.165, 1.54) is 22.3 Å². The highest BCUT2D eigenvalue weighted by molar-refractivity contribution is 5.71. The van der Waals surface area contributed by atoms with Crippen LogP contribution >= 0.6 is 0 Å². The van der Waals surface area contributed by atoms with Crippen molar-refractivity contribution in [2.75, 3.05) is 0 Å². The number of ether oxygens (including phenoxy) is 1. The molecule has 2 aliphatic heterocycles. The topological polar surface area (TPSA) is 49.2 Å². The van der Waals surface area contributed by atoms with Crippen LogP contribution in [0.2, 0.25) is 0 Å². The Labute approximate surface area is 193 Å². The minimum Gasteiger partial charge on any atom is -0.457 e. The van der Waals surface area contributed by atoms with Crippen LogP contribution in [0.3, 0.4) is 0 Å². The van der Waals surface area contributed by atoms with Crippen molar-refractivity contribution in [2.24, 2.45) is 0 Å². The van der Waals surface area contributed by atoms with E-state index in [4.69, 9.17) is 11.3 Å². The maximum atomic E-state index is 7.41. The van der Waals surface area contributed by atoms with Crippen LogP contribution in [0.1, 0.15) is 36.1 Å². The number of hydrogen-bond acceptors (Lipinski definition) is 3. The minimum atomic E-state index is -0.00627. The van der Waals surface area contributed by atoms with E-state index in [2.05, 4.69) is 77.5 Å². The molecule has 0 saturated heterocycles. The summed E-state index contributed by atoms with van der Waals surface area (Å²) in [5.41, 5.74) is 7.21. The van der Waals surface area contributed by atoms with E-state index in [0.29, 0.717) is 5.82 Å². The molecule has 2 aromatic carbocycles. The lowest BCUT2D eigenvalue weighted by molar-refractivity contribution is 0.347. The molecule has 4 aromatic rings. The molecule has 0 spiro atoms. The highest BCUT2D eigenvalue weighted by Crippen LogP contribution is 2.42. The zero-order chi connectivity index (χ0) is 22.9. The van der Waals surface area contributed by atoms with Gasteiger partial charge in [0.1, 0.15) is 17.3 Å². The quantitative estimate of drug-likeness (QED) is 0.351. The third-order valence-electron chi connectivity index (χ3n) is 7.05. The van der Waals surface area contributed by atoms with E-state index in [9.17, 15) is 0 Å². The number of nitrogens with zero attached hydrogens (tertiary/aromatic N) is 5. The van der Waals surface area contributed by atoms with E-state index < -0.39 is 0 Å². The monoisotopic (exact) mass is 435 g/mol. The Balaban J connectivity index is 1.42. The molecule has 4 heterocycles. The van der Waals surface area contributed by atoms with Gasteiger partial charge in [-0.3, -0.25) is 4.57 Å². The molecule has 0 radical (unpaired) electrons. The van der Waals surface area contributed by atoms with E-state index in [-0.39, 0.29) is 5.54 Å². The number of hydrogen-bond donors (Lipinski definition) is 0. The van der Waals surface area contributed by atoms with E-state index in [1.807, 2.05) is 10.8 Å². The summed E-state index contributed by atoms with van der Waals surface area (Å²) in [4.78, 5) is 12.8. The van der Waals surface area contributed by atoms with Gasteiger partial charge in [-0.2, -0.15) is 0 Å². The van der Waals surface area contributed by atoms with Crippen molar-refractivity contribution in [3.8, 4) is 34.3 Å². The second-order valence-electron chi connectivity index (χ2n) is 9.70. The van der Waals surface area contributed by atoms with Gasteiger partial charge in [-0.25, -0.2) is 9.97 Å². The first-order valence-corrected chi connectivity index (χ1v) is 11.3. The van der Waals surface area contributed by atoms with Gasteiger partial charge in [0.05, 0.1) is 12.7 Å². The van der Waals surface area contributed by atoms with Crippen molar-refractivity contribution in [3.05, 3.63) is 76.5 Å². The van der Waals surface area contributed by atoms with Crippen LogP contribution in [0.5, 0.6) is 11.5 Å². The van der Waals surface area contributed by atoms with E-state index in [0.717, 1.165) is 53.7 Å². The number of aryl methyl sites for hydroxylation is 2. The molecule has 164 valence electrons. The first kappa shape index (κ1) is 19.8. The predicted octanol–water partition coefficient (Wildman–Crippen LogP) is 6.22. The molecule has 0 amide bonds. The Morgan fingerprint density at radius 1 is 0.970 bits per heavy atom. The van der Waals surface area contributed by atoms with Gasteiger partial charge in [0.15, 0.2) is 0 Å². The Morgan fingerprint density at radius 2 is 1.67 bits per heavy atom. The van der Waals surface area contributed by atoms with Gasteiger partial charge in [-0.15, -0.1) is 0 Å². The van der Waals surface area contributed by atoms with Crippen LogP contribution in [0.4, 0.5) is 5.82 Å².